The lowest BCUT2D eigenvalue weighted by molar-refractivity contribution is -0.147. The van der Waals surface area contributed by atoms with Crippen LogP contribution >= 0.6 is 0 Å². The highest BCUT2D eigenvalue weighted by Gasteiger charge is 2.16. The monoisotopic (exact) mass is 211 g/mol. The fourth-order valence-corrected chi connectivity index (χ4v) is 0.798. The highest BCUT2D eigenvalue weighted by molar-refractivity contribution is 5.79. The molecule has 15 heavy (non-hydrogen) atoms. The molecular weight excluding hydrogens is 202 g/mol. The number of benzene rings is 1. The van der Waals surface area contributed by atoms with Crippen molar-refractivity contribution >= 4 is 12.1 Å². The van der Waals surface area contributed by atoms with E-state index in [-0.39, 0.29) is 5.75 Å². The van der Waals surface area contributed by atoms with Crippen molar-refractivity contribution in [2.75, 3.05) is 0 Å². The quantitative estimate of drug-likeness (QED) is 0.619. The van der Waals surface area contributed by atoms with Gasteiger partial charge in [-0.15, -0.1) is 0 Å². The predicted octanol–water partition coefficient (Wildman–Crippen LogP) is 0.178. The van der Waals surface area contributed by atoms with E-state index in [4.69, 9.17) is 10.2 Å². The van der Waals surface area contributed by atoms with E-state index in [1.807, 2.05) is 0 Å². The van der Waals surface area contributed by atoms with Crippen LogP contribution in [0, 0.1) is 0 Å². The summed E-state index contributed by atoms with van der Waals surface area (Å²) in [6.07, 6.45) is -3.00. The molecule has 0 bridgehead atoms. The van der Waals surface area contributed by atoms with Crippen LogP contribution in [-0.2, 0) is 4.79 Å². The van der Waals surface area contributed by atoms with Crippen molar-refractivity contribution < 1.29 is 24.5 Å². The molecule has 0 fully saturated rings. The van der Waals surface area contributed by atoms with Crippen LogP contribution in [0.1, 0.15) is 0 Å². The Labute approximate surface area is 85.1 Å². The van der Waals surface area contributed by atoms with E-state index in [1.165, 1.54) is 12.1 Å². The number of carboxylic acid groups (broad SMARTS) is 1. The van der Waals surface area contributed by atoms with Gasteiger partial charge in [0.2, 0.25) is 6.23 Å². The smallest absolute Gasteiger partial charge is 0.415 e. The van der Waals surface area contributed by atoms with Gasteiger partial charge in [0.1, 0.15) is 5.75 Å². The van der Waals surface area contributed by atoms with Gasteiger partial charge in [0.05, 0.1) is 0 Å². The Morgan fingerprint density at radius 2 is 1.87 bits per heavy atom. The molecule has 6 heteroatoms. The van der Waals surface area contributed by atoms with Crippen LogP contribution in [-0.4, -0.2) is 28.5 Å². The van der Waals surface area contributed by atoms with Gasteiger partial charge in [-0.05, 0) is 12.1 Å². The molecular formula is C9H9NO5. The largest absolute Gasteiger partial charge is 0.478 e. The van der Waals surface area contributed by atoms with Gasteiger partial charge >= 0.3 is 12.1 Å². The van der Waals surface area contributed by atoms with E-state index < -0.39 is 18.3 Å². The number of nitrogens with one attached hydrogen (secondary N) is 1. The second kappa shape index (κ2) is 4.97. The summed E-state index contributed by atoms with van der Waals surface area (Å²) in [5.74, 6) is -1.30. The minimum Gasteiger partial charge on any atom is -0.478 e. The molecule has 0 saturated carbocycles. The third-order valence-electron chi connectivity index (χ3n) is 1.44. The topological polar surface area (TPSA) is 95.9 Å². The molecule has 1 amide bonds. The molecule has 0 radical (unpaired) electrons. The summed E-state index contributed by atoms with van der Waals surface area (Å²) in [7, 11) is 0. The minimum absolute atomic E-state index is 0.257. The zero-order valence-corrected chi connectivity index (χ0v) is 7.58. The Bertz CT molecular complexity index is 351. The number of para-hydroxylation sites is 1. The molecule has 0 aliphatic heterocycles. The average molecular weight is 211 g/mol. The molecule has 0 spiro atoms. The van der Waals surface area contributed by atoms with E-state index in [0.717, 1.165) is 0 Å². The molecule has 3 N–H and O–H groups in total. The highest BCUT2D eigenvalue weighted by Crippen LogP contribution is 2.07. The van der Waals surface area contributed by atoms with Crippen LogP contribution in [0.15, 0.2) is 30.3 Å². The number of aliphatic hydroxyl groups excluding tert-OH is 1. The molecule has 1 aromatic carbocycles. The van der Waals surface area contributed by atoms with E-state index >= 15 is 0 Å². The Kier molecular flexibility index (Phi) is 3.64. The van der Waals surface area contributed by atoms with E-state index in [2.05, 4.69) is 4.74 Å². The van der Waals surface area contributed by atoms with E-state index in [0.29, 0.717) is 0 Å². The summed E-state index contributed by atoms with van der Waals surface area (Å²) in [4.78, 5) is 21.1. The van der Waals surface area contributed by atoms with Crippen molar-refractivity contribution in [1.82, 2.24) is 5.32 Å². The van der Waals surface area contributed by atoms with Crippen molar-refractivity contribution in [3.05, 3.63) is 30.3 Å². The lowest BCUT2D eigenvalue weighted by Crippen LogP contribution is -2.41. The van der Waals surface area contributed by atoms with Gasteiger partial charge in [-0.25, -0.2) is 9.59 Å². The van der Waals surface area contributed by atoms with Crippen LogP contribution in [0.25, 0.3) is 0 Å². The molecule has 0 saturated heterocycles. The first-order valence-corrected chi connectivity index (χ1v) is 4.04. The molecule has 1 rings (SSSR count). The van der Waals surface area contributed by atoms with Gasteiger partial charge in [0.15, 0.2) is 0 Å². The van der Waals surface area contributed by atoms with Gasteiger partial charge in [-0.2, -0.15) is 0 Å². The summed E-state index contributed by atoms with van der Waals surface area (Å²) in [5, 5.41) is 18.8. The summed E-state index contributed by atoms with van der Waals surface area (Å²) in [6.45, 7) is 0. The van der Waals surface area contributed by atoms with Crippen molar-refractivity contribution in [2.24, 2.45) is 0 Å². The van der Waals surface area contributed by atoms with Gasteiger partial charge in [-0.1, -0.05) is 18.2 Å². The summed E-state index contributed by atoms with van der Waals surface area (Å²) >= 11 is 0. The zero-order chi connectivity index (χ0) is 11.3. The second-order valence-electron chi connectivity index (χ2n) is 2.59. The average Bonchev–Trinajstić information content (AvgIpc) is 2.18. The number of hydrogen-bond donors (Lipinski definition) is 3. The lowest BCUT2D eigenvalue weighted by Gasteiger charge is -2.08. The van der Waals surface area contributed by atoms with Crippen molar-refractivity contribution in [1.29, 1.82) is 0 Å². The molecule has 0 heterocycles. The summed E-state index contributed by atoms with van der Waals surface area (Å²) in [5.41, 5.74) is 0. The van der Waals surface area contributed by atoms with Gasteiger partial charge in [0, 0.05) is 0 Å². The third kappa shape index (κ3) is 3.65. The molecule has 80 valence electrons. The van der Waals surface area contributed by atoms with Crippen molar-refractivity contribution in [3.8, 4) is 5.75 Å². The maximum absolute atomic E-state index is 11.0. The Balaban J connectivity index is 2.47. The maximum atomic E-state index is 11.0. The number of ether oxygens (including phenoxy) is 1. The Hall–Kier alpha value is -2.08. The molecule has 1 aromatic rings. The fraction of sp³-hybridized carbons (Fsp3) is 0.111. The molecule has 1 unspecified atom stereocenters. The van der Waals surface area contributed by atoms with E-state index in [9.17, 15) is 9.59 Å². The fourth-order valence-electron chi connectivity index (χ4n) is 0.798. The Morgan fingerprint density at radius 3 is 2.40 bits per heavy atom. The number of carbonyl (C=O) groups excluding carboxylic acids is 1. The number of carboxylic acids is 1. The van der Waals surface area contributed by atoms with Crippen molar-refractivity contribution in [3.63, 3.8) is 0 Å². The van der Waals surface area contributed by atoms with Crippen LogP contribution < -0.4 is 10.1 Å². The van der Waals surface area contributed by atoms with Gasteiger partial charge in [-0.3, -0.25) is 5.32 Å². The minimum atomic E-state index is -1.97. The standard InChI is InChI=1S/C9H9NO5/c11-7(8(12)13)10-9(14)15-6-4-2-1-3-5-6/h1-5,7,11H,(H,10,14)(H,12,13). The van der Waals surface area contributed by atoms with Gasteiger partial charge in [0.25, 0.3) is 0 Å². The maximum Gasteiger partial charge on any atom is 0.415 e. The SMILES string of the molecule is O=C(NC(O)C(=O)O)Oc1ccccc1. The molecule has 0 aliphatic rings. The molecule has 0 aliphatic carbocycles. The first kappa shape index (κ1) is 11.0. The number of amides is 1. The van der Waals surface area contributed by atoms with Crippen molar-refractivity contribution in [2.45, 2.75) is 6.23 Å². The highest BCUT2D eigenvalue weighted by atomic mass is 16.6. The van der Waals surface area contributed by atoms with Crippen LogP contribution in [0.2, 0.25) is 0 Å². The number of carbonyl (C=O) groups is 2. The molecule has 0 aromatic heterocycles. The first-order valence-electron chi connectivity index (χ1n) is 4.04. The lowest BCUT2D eigenvalue weighted by atomic mass is 10.3. The normalized spacial score (nSPS) is 11.5. The van der Waals surface area contributed by atoms with Crippen LogP contribution in [0.4, 0.5) is 4.79 Å². The third-order valence-corrected chi connectivity index (χ3v) is 1.44. The first-order chi connectivity index (χ1) is 7.09. The Morgan fingerprint density at radius 1 is 1.27 bits per heavy atom. The van der Waals surface area contributed by atoms with E-state index in [1.54, 1.807) is 23.5 Å². The predicted molar refractivity (Wildman–Crippen MR) is 49.2 cm³/mol. The van der Waals surface area contributed by atoms with Gasteiger partial charge < -0.3 is 14.9 Å². The number of aliphatic carboxylic acids is 1. The summed E-state index contributed by atoms with van der Waals surface area (Å²) < 4.78 is 4.66. The number of aliphatic hydroxyl groups is 1. The second-order valence-corrected chi connectivity index (χ2v) is 2.59. The van der Waals surface area contributed by atoms with Crippen LogP contribution in [0.5, 0.6) is 5.75 Å². The zero-order valence-electron chi connectivity index (χ0n) is 7.58. The van der Waals surface area contributed by atoms with Crippen LogP contribution in [0.3, 0.4) is 0 Å². The molecule has 1 atom stereocenters. The number of rotatable bonds is 3. The number of hydrogen-bond acceptors (Lipinski definition) is 4. The summed E-state index contributed by atoms with van der Waals surface area (Å²) in [6, 6.07) is 8.07. The molecule has 6 nitrogen and oxygen atoms in total.